The Morgan fingerprint density at radius 2 is 1.80 bits per heavy atom. The Balaban J connectivity index is 0.00000312. The number of benzene rings is 2. The number of hydrogen-bond donors (Lipinski definition) is 0. The van der Waals surface area contributed by atoms with Crippen molar-refractivity contribution < 1.29 is 4.74 Å². The third-order valence-corrected chi connectivity index (χ3v) is 4.00. The van der Waals surface area contributed by atoms with Gasteiger partial charge in [-0.05, 0) is 35.9 Å². The van der Waals surface area contributed by atoms with Crippen LogP contribution in [0.25, 0.3) is 0 Å². The summed E-state index contributed by atoms with van der Waals surface area (Å²) in [7, 11) is 1.65. The standard InChI is InChI=1S/C18H19Cl3N2O.ClH/c1-24-18-11-14(13-22-16-4-2-3-15(21)12-16)5-6-17(18)23(9-7-19)10-8-20;/h2-6,11-13H,7-10H2,1H3;1H. The van der Waals surface area contributed by atoms with Gasteiger partial charge in [0, 0.05) is 36.1 Å². The Labute approximate surface area is 170 Å². The molecule has 0 heterocycles. The first-order chi connectivity index (χ1) is 11.7. The maximum absolute atomic E-state index is 5.97. The quantitative estimate of drug-likeness (QED) is 0.397. The highest BCUT2D eigenvalue weighted by atomic mass is 35.5. The van der Waals surface area contributed by atoms with Gasteiger partial charge in [-0.1, -0.05) is 23.7 Å². The maximum atomic E-state index is 5.97. The topological polar surface area (TPSA) is 24.8 Å². The first-order valence-corrected chi connectivity index (χ1v) is 8.97. The van der Waals surface area contributed by atoms with E-state index in [0.717, 1.165) is 22.7 Å². The Hall–Kier alpha value is -1.13. The molecule has 0 bridgehead atoms. The number of alkyl halides is 2. The first-order valence-electron chi connectivity index (χ1n) is 7.52. The van der Waals surface area contributed by atoms with Gasteiger partial charge >= 0.3 is 0 Å². The average molecular weight is 422 g/mol. The number of methoxy groups -OCH3 is 1. The molecule has 0 saturated heterocycles. The first kappa shape index (κ1) is 21.9. The second-order valence-electron chi connectivity index (χ2n) is 5.03. The molecule has 0 radical (unpaired) electrons. The molecule has 0 aliphatic heterocycles. The fraction of sp³-hybridized carbons (Fsp3) is 0.278. The van der Waals surface area contributed by atoms with E-state index < -0.39 is 0 Å². The Kier molecular flexibility index (Phi) is 10.1. The molecule has 0 saturated carbocycles. The number of aliphatic imine (C=N–C) groups is 1. The van der Waals surface area contributed by atoms with Crippen LogP contribution in [0.15, 0.2) is 47.5 Å². The zero-order valence-corrected chi connectivity index (χ0v) is 16.9. The van der Waals surface area contributed by atoms with Crippen LogP contribution in [-0.4, -0.2) is 38.2 Å². The summed E-state index contributed by atoms with van der Waals surface area (Å²) in [6.07, 6.45) is 1.78. The number of hydrogen-bond acceptors (Lipinski definition) is 3. The molecule has 0 atom stereocenters. The van der Waals surface area contributed by atoms with Gasteiger partial charge < -0.3 is 9.64 Å². The monoisotopic (exact) mass is 420 g/mol. The molecule has 2 rings (SSSR count). The lowest BCUT2D eigenvalue weighted by Gasteiger charge is -2.25. The zero-order chi connectivity index (χ0) is 17.4. The van der Waals surface area contributed by atoms with Crippen molar-refractivity contribution >= 4 is 64.8 Å². The van der Waals surface area contributed by atoms with Crippen LogP contribution in [0.3, 0.4) is 0 Å². The van der Waals surface area contributed by atoms with Gasteiger partial charge in [-0.3, -0.25) is 4.99 Å². The van der Waals surface area contributed by atoms with Crippen LogP contribution < -0.4 is 9.64 Å². The second kappa shape index (κ2) is 11.5. The Morgan fingerprint density at radius 3 is 2.40 bits per heavy atom. The number of rotatable bonds is 8. The summed E-state index contributed by atoms with van der Waals surface area (Å²) < 4.78 is 5.52. The molecular weight excluding hydrogens is 402 g/mol. The van der Waals surface area contributed by atoms with E-state index in [1.54, 1.807) is 13.3 Å². The van der Waals surface area contributed by atoms with Gasteiger partial charge in [0.05, 0.1) is 18.5 Å². The third kappa shape index (κ3) is 6.59. The molecule has 0 unspecified atom stereocenters. The molecule has 0 fully saturated rings. The fourth-order valence-electron chi connectivity index (χ4n) is 2.30. The molecule has 25 heavy (non-hydrogen) atoms. The average Bonchev–Trinajstić information content (AvgIpc) is 2.59. The van der Waals surface area contributed by atoms with Crippen LogP contribution in [0.4, 0.5) is 11.4 Å². The van der Waals surface area contributed by atoms with Crippen LogP contribution in [0.5, 0.6) is 5.75 Å². The number of halogens is 4. The highest BCUT2D eigenvalue weighted by Crippen LogP contribution is 2.29. The van der Waals surface area contributed by atoms with Gasteiger partial charge in [0.15, 0.2) is 0 Å². The van der Waals surface area contributed by atoms with Gasteiger partial charge in [0.2, 0.25) is 0 Å². The van der Waals surface area contributed by atoms with Crippen molar-refractivity contribution in [2.24, 2.45) is 4.99 Å². The highest BCUT2D eigenvalue weighted by Gasteiger charge is 2.11. The van der Waals surface area contributed by atoms with E-state index in [4.69, 9.17) is 39.5 Å². The smallest absolute Gasteiger partial charge is 0.142 e. The highest BCUT2D eigenvalue weighted by molar-refractivity contribution is 6.30. The molecule has 7 heteroatoms. The van der Waals surface area contributed by atoms with E-state index in [2.05, 4.69) is 9.89 Å². The van der Waals surface area contributed by atoms with Crippen LogP contribution in [-0.2, 0) is 0 Å². The summed E-state index contributed by atoms with van der Waals surface area (Å²) in [5.74, 6) is 1.82. The van der Waals surface area contributed by atoms with Crippen LogP contribution in [0, 0.1) is 0 Å². The van der Waals surface area contributed by atoms with E-state index in [0.29, 0.717) is 29.9 Å². The molecule has 136 valence electrons. The minimum Gasteiger partial charge on any atom is -0.495 e. The summed E-state index contributed by atoms with van der Waals surface area (Å²) in [5.41, 5.74) is 2.71. The molecule has 0 aliphatic rings. The molecule has 0 amide bonds. The van der Waals surface area contributed by atoms with Crippen molar-refractivity contribution in [3.63, 3.8) is 0 Å². The van der Waals surface area contributed by atoms with Crippen molar-refractivity contribution in [1.29, 1.82) is 0 Å². The summed E-state index contributed by atoms with van der Waals surface area (Å²) in [6.45, 7) is 1.42. The van der Waals surface area contributed by atoms with Gasteiger partial charge in [-0.25, -0.2) is 0 Å². The summed E-state index contributed by atoms with van der Waals surface area (Å²) in [6, 6.07) is 13.3. The summed E-state index contributed by atoms with van der Waals surface area (Å²) in [4.78, 5) is 6.55. The summed E-state index contributed by atoms with van der Waals surface area (Å²) in [5, 5.41) is 0.662. The van der Waals surface area contributed by atoms with Gasteiger partial charge in [-0.15, -0.1) is 35.6 Å². The molecule has 3 nitrogen and oxygen atoms in total. The SMILES string of the molecule is COc1cc(C=Nc2cccc(Cl)c2)ccc1N(CCCl)CCCl.Cl. The summed E-state index contributed by atoms with van der Waals surface area (Å²) >= 11 is 17.7. The van der Waals surface area contributed by atoms with E-state index in [1.807, 2.05) is 42.5 Å². The van der Waals surface area contributed by atoms with Crippen molar-refractivity contribution in [3.8, 4) is 5.75 Å². The lowest BCUT2D eigenvalue weighted by molar-refractivity contribution is 0.414. The molecule has 2 aromatic carbocycles. The number of ether oxygens (including phenoxy) is 1. The molecule has 0 N–H and O–H groups in total. The second-order valence-corrected chi connectivity index (χ2v) is 6.23. The normalized spacial score (nSPS) is 10.6. The van der Waals surface area contributed by atoms with Gasteiger partial charge in [-0.2, -0.15) is 0 Å². The Morgan fingerprint density at radius 1 is 1.08 bits per heavy atom. The van der Waals surface area contributed by atoms with Crippen LogP contribution in [0.1, 0.15) is 5.56 Å². The molecule has 0 aromatic heterocycles. The molecule has 2 aromatic rings. The largest absolute Gasteiger partial charge is 0.495 e. The van der Waals surface area contributed by atoms with Crippen LogP contribution in [0.2, 0.25) is 5.02 Å². The predicted molar refractivity (Wildman–Crippen MR) is 113 cm³/mol. The minimum absolute atomic E-state index is 0. The zero-order valence-electron chi connectivity index (χ0n) is 13.8. The van der Waals surface area contributed by atoms with E-state index >= 15 is 0 Å². The molecule has 0 aliphatic carbocycles. The van der Waals surface area contributed by atoms with Gasteiger partial charge in [0.1, 0.15) is 5.75 Å². The number of nitrogens with zero attached hydrogens (tertiary/aromatic N) is 2. The lowest BCUT2D eigenvalue weighted by atomic mass is 10.2. The van der Waals surface area contributed by atoms with Crippen molar-refractivity contribution in [2.75, 3.05) is 36.9 Å². The van der Waals surface area contributed by atoms with Crippen molar-refractivity contribution in [3.05, 3.63) is 53.1 Å². The van der Waals surface area contributed by atoms with E-state index in [1.165, 1.54) is 0 Å². The van der Waals surface area contributed by atoms with Crippen molar-refractivity contribution in [1.82, 2.24) is 0 Å². The number of anilines is 1. The maximum Gasteiger partial charge on any atom is 0.142 e. The minimum atomic E-state index is 0. The van der Waals surface area contributed by atoms with E-state index in [-0.39, 0.29) is 12.4 Å². The Bertz CT molecular complexity index is 689. The third-order valence-electron chi connectivity index (χ3n) is 3.42. The lowest BCUT2D eigenvalue weighted by Crippen LogP contribution is -2.28. The molecule has 0 spiro atoms. The fourth-order valence-corrected chi connectivity index (χ4v) is 2.89. The predicted octanol–water partition coefficient (Wildman–Crippen LogP) is 5.81. The van der Waals surface area contributed by atoms with Crippen LogP contribution >= 0.6 is 47.2 Å². The molecular formula is C18H20Cl4N2O. The van der Waals surface area contributed by atoms with E-state index in [9.17, 15) is 0 Å². The van der Waals surface area contributed by atoms with Gasteiger partial charge in [0.25, 0.3) is 0 Å². The van der Waals surface area contributed by atoms with Crippen molar-refractivity contribution in [2.45, 2.75) is 0 Å².